The maximum Gasteiger partial charge on any atom is 0.313 e. The van der Waals surface area contributed by atoms with E-state index in [2.05, 4.69) is 25.9 Å². The number of methoxy groups -OCH3 is 1. The van der Waals surface area contributed by atoms with E-state index in [1.807, 2.05) is 0 Å². The zero-order valence-corrected chi connectivity index (χ0v) is 10.1. The van der Waals surface area contributed by atoms with Gasteiger partial charge in [-0.1, -0.05) is 0 Å². The maximum atomic E-state index is 11.1. The van der Waals surface area contributed by atoms with E-state index in [-0.39, 0.29) is 12.4 Å². The predicted octanol–water partition coefficient (Wildman–Crippen LogP) is 1.35. The molecule has 1 heterocycles. The van der Waals surface area contributed by atoms with Gasteiger partial charge in [-0.2, -0.15) is 4.98 Å². The number of hydrogen-bond acceptors (Lipinski definition) is 5. The average molecular weight is 275 g/mol. The Balaban J connectivity index is 2.74. The van der Waals surface area contributed by atoms with Gasteiger partial charge in [0.05, 0.1) is 18.2 Å². The lowest BCUT2D eigenvalue weighted by Crippen LogP contribution is -2.10. The molecule has 0 aliphatic carbocycles. The fourth-order valence-corrected chi connectivity index (χ4v) is 1.31. The lowest BCUT2D eigenvalue weighted by atomic mass is 10.4. The summed E-state index contributed by atoms with van der Waals surface area (Å²) in [5, 5.41) is 0. The number of aromatic nitrogens is 2. The molecule has 5 nitrogen and oxygen atoms in total. The normalized spacial score (nSPS) is 9.80. The predicted molar refractivity (Wildman–Crippen MR) is 56.6 cm³/mol. The molecule has 15 heavy (non-hydrogen) atoms. The summed E-state index contributed by atoms with van der Waals surface area (Å²) >= 11 is 3.22. The van der Waals surface area contributed by atoms with E-state index in [4.69, 9.17) is 9.47 Å². The third-order valence-electron chi connectivity index (χ3n) is 1.56. The Kier molecular flexibility index (Phi) is 4.48. The zero-order chi connectivity index (χ0) is 11.3. The van der Waals surface area contributed by atoms with E-state index in [1.54, 1.807) is 13.1 Å². The van der Waals surface area contributed by atoms with Crippen LogP contribution in [0.25, 0.3) is 0 Å². The molecule has 6 heteroatoms. The number of carbonyl (C=O) groups excluding carboxylic acids is 1. The minimum atomic E-state index is -0.345. The Morgan fingerprint density at radius 3 is 2.93 bits per heavy atom. The molecule has 1 rings (SSSR count). The zero-order valence-electron chi connectivity index (χ0n) is 8.49. The van der Waals surface area contributed by atoms with Crippen LogP contribution in [0.2, 0.25) is 0 Å². The van der Waals surface area contributed by atoms with E-state index in [0.29, 0.717) is 22.8 Å². The van der Waals surface area contributed by atoms with Crippen LogP contribution >= 0.6 is 15.9 Å². The number of esters is 1. The second-order valence-corrected chi connectivity index (χ2v) is 3.48. The summed E-state index contributed by atoms with van der Waals surface area (Å²) in [6, 6.07) is 0. The lowest BCUT2D eigenvalue weighted by molar-refractivity contribution is -0.142. The van der Waals surface area contributed by atoms with Crippen LogP contribution in [0.5, 0.6) is 5.88 Å². The number of halogens is 1. The first-order valence-electron chi connectivity index (χ1n) is 4.38. The van der Waals surface area contributed by atoms with Crippen molar-refractivity contribution in [3.05, 3.63) is 16.5 Å². The molecule has 1 aromatic heterocycles. The molecule has 0 N–H and O–H groups in total. The molecule has 0 fully saturated rings. The van der Waals surface area contributed by atoms with Gasteiger partial charge in [0.1, 0.15) is 12.2 Å². The van der Waals surface area contributed by atoms with Gasteiger partial charge < -0.3 is 9.47 Å². The molecule has 0 aliphatic rings. The van der Waals surface area contributed by atoms with Crippen molar-refractivity contribution < 1.29 is 14.3 Å². The number of carbonyl (C=O) groups is 1. The van der Waals surface area contributed by atoms with Gasteiger partial charge in [-0.25, -0.2) is 4.98 Å². The summed E-state index contributed by atoms with van der Waals surface area (Å²) in [6.45, 7) is 2.10. The number of ether oxygens (including phenoxy) is 2. The van der Waals surface area contributed by atoms with E-state index < -0.39 is 0 Å². The van der Waals surface area contributed by atoms with Gasteiger partial charge in [0.25, 0.3) is 0 Å². The third-order valence-corrected chi connectivity index (χ3v) is 2.11. The van der Waals surface area contributed by atoms with E-state index in [0.717, 1.165) is 0 Å². The molecule has 0 aromatic carbocycles. The molecule has 0 saturated carbocycles. The SMILES string of the molecule is CCOC(=O)Cc1ncc(Br)c(OC)n1. The topological polar surface area (TPSA) is 61.3 Å². The number of nitrogens with zero attached hydrogens (tertiary/aromatic N) is 2. The van der Waals surface area contributed by atoms with Crippen molar-refractivity contribution in [2.24, 2.45) is 0 Å². The molecule has 0 amide bonds. The van der Waals surface area contributed by atoms with Crippen molar-refractivity contribution >= 4 is 21.9 Å². The molecular weight excluding hydrogens is 264 g/mol. The van der Waals surface area contributed by atoms with Crippen LogP contribution in [0.3, 0.4) is 0 Å². The van der Waals surface area contributed by atoms with Crippen molar-refractivity contribution in [1.29, 1.82) is 0 Å². The van der Waals surface area contributed by atoms with E-state index in [9.17, 15) is 4.79 Å². The van der Waals surface area contributed by atoms with Crippen LogP contribution in [-0.4, -0.2) is 29.7 Å². The van der Waals surface area contributed by atoms with Crippen molar-refractivity contribution in [2.45, 2.75) is 13.3 Å². The van der Waals surface area contributed by atoms with Crippen molar-refractivity contribution in [3.8, 4) is 5.88 Å². The monoisotopic (exact) mass is 274 g/mol. The number of rotatable bonds is 4. The molecule has 1 aromatic rings. The van der Waals surface area contributed by atoms with Crippen molar-refractivity contribution in [3.63, 3.8) is 0 Å². The van der Waals surface area contributed by atoms with Crippen LogP contribution in [0, 0.1) is 0 Å². The summed E-state index contributed by atoms with van der Waals surface area (Å²) in [6.07, 6.45) is 1.60. The molecule has 0 atom stereocenters. The fourth-order valence-electron chi connectivity index (χ4n) is 0.955. The Morgan fingerprint density at radius 2 is 2.33 bits per heavy atom. The first-order valence-corrected chi connectivity index (χ1v) is 5.17. The minimum Gasteiger partial charge on any atom is -0.480 e. The van der Waals surface area contributed by atoms with E-state index in [1.165, 1.54) is 7.11 Å². The second-order valence-electron chi connectivity index (χ2n) is 2.63. The van der Waals surface area contributed by atoms with Crippen LogP contribution in [-0.2, 0) is 16.0 Å². The Labute approximate surface area is 96.0 Å². The molecule has 82 valence electrons. The highest BCUT2D eigenvalue weighted by Gasteiger charge is 2.09. The lowest BCUT2D eigenvalue weighted by Gasteiger charge is -2.04. The van der Waals surface area contributed by atoms with Gasteiger partial charge in [0, 0.05) is 6.20 Å². The minimum absolute atomic E-state index is 0.0531. The molecule has 0 bridgehead atoms. The van der Waals surface area contributed by atoms with Gasteiger partial charge >= 0.3 is 5.97 Å². The summed E-state index contributed by atoms with van der Waals surface area (Å²) < 4.78 is 10.4. The summed E-state index contributed by atoms with van der Waals surface area (Å²) in [5.41, 5.74) is 0. The van der Waals surface area contributed by atoms with Crippen LogP contribution in [0.4, 0.5) is 0 Å². The summed E-state index contributed by atoms with van der Waals surface area (Å²) in [4.78, 5) is 19.1. The summed E-state index contributed by atoms with van der Waals surface area (Å²) in [5.74, 6) is 0.444. The highest BCUT2D eigenvalue weighted by Crippen LogP contribution is 2.20. The second kappa shape index (κ2) is 5.65. The van der Waals surface area contributed by atoms with Gasteiger partial charge in [0.2, 0.25) is 5.88 Å². The number of hydrogen-bond donors (Lipinski definition) is 0. The largest absolute Gasteiger partial charge is 0.480 e. The Hall–Kier alpha value is -1.17. The quantitative estimate of drug-likeness (QED) is 0.776. The van der Waals surface area contributed by atoms with Crippen LogP contribution < -0.4 is 4.74 Å². The molecule has 0 saturated heterocycles. The Morgan fingerprint density at radius 1 is 1.60 bits per heavy atom. The van der Waals surface area contributed by atoms with Crippen LogP contribution in [0.15, 0.2) is 10.7 Å². The first kappa shape index (κ1) is 11.9. The van der Waals surface area contributed by atoms with Crippen molar-refractivity contribution in [1.82, 2.24) is 9.97 Å². The molecule has 0 radical (unpaired) electrons. The highest BCUT2D eigenvalue weighted by molar-refractivity contribution is 9.10. The maximum absolute atomic E-state index is 11.1. The average Bonchev–Trinajstić information content (AvgIpc) is 2.21. The molecule has 0 aliphatic heterocycles. The van der Waals surface area contributed by atoms with Gasteiger partial charge in [0.15, 0.2) is 0 Å². The highest BCUT2D eigenvalue weighted by atomic mass is 79.9. The van der Waals surface area contributed by atoms with E-state index >= 15 is 0 Å². The molecule has 0 spiro atoms. The Bertz CT molecular complexity index is 357. The van der Waals surface area contributed by atoms with Crippen LogP contribution in [0.1, 0.15) is 12.7 Å². The third kappa shape index (κ3) is 3.47. The smallest absolute Gasteiger partial charge is 0.313 e. The standard InChI is InChI=1S/C9H11BrN2O3/c1-3-15-8(13)4-7-11-5-6(10)9(12-7)14-2/h5H,3-4H2,1-2H3. The summed E-state index contributed by atoms with van der Waals surface area (Å²) in [7, 11) is 1.50. The van der Waals surface area contributed by atoms with Gasteiger partial charge in [-0.3, -0.25) is 4.79 Å². The van der Waals surface area contributed by atoms with Gasteiger partial charge in [-0.15, -0.1) is 0 Å². The fraction of sp³-hybridized carbons (Fsp3) is 0.444. The van der Waals surface area contributed by atoms with Crippen molar-refractivity contribution in [2.75, 3.05) is 13.7 Å². The molecular formula is C9H11BrN2O3. The van der Waals surface area contributed by atoms with Gasteiger partial charge in [-0.05, 0) is 22.9 Å². The molecule has 0 unspecified atom stereocenters. The first-order chi connectivity index (χ1) is 7.17.